The number of aryl methyl sites for hydroxylation is 1. The van der Waals surface area contributed by atoms with E-state index in [1.807, 2.05) is 41.3 Å². The van der Waals surface area contributed by atoms with Gasteiger partial charge in [0.2, 0.25) is 5.91 Å². The van der Waals surface area contributed by atoms with E-state index < -0.39 is 0 Å². The molecule has 0 aliphatic carbocycles. The topological polar surface area (TPSA) is 38.8 Å². The molecule has 1 heterocycles. The molecule has 138 valence electrons. The van der Waals surface area contributed by atoms with E-state index >= 15 is 0 Å². The van der Waals surface area contributed by atoms with E-state index in [2.05, 4.69) is 22.0 Å². The Balaban J connectivity index is 1.75. The fourth-order valence-electron chi connectivity index (χ4n) is 3.57. The van der Waals surface area contributed by atoms with Gasteiger partial charge in [-0.25, -0.2) is 0 Å². The third-order valence-corrected chi connectivity index (χ3v) is 5.71. The van der Waals surface area contributed by atoms with E-state index in [-0.39, 0.29) is 11.9 Å². The van der Waals surface area contributed by atoms with E-state index in [0.29, 0.717) is 6.42 Å². The van der Waals surface area contributed by atoms with Crippen molar-refractivity contribution in [2.75, 3.05) is 20.8 Å². The molecule has 1 aliphatic heterocycles. The van der Waals surface area contributed by atoms with Crippen LogP contribution in [0.15, 0.2) is 46.9 Å². The number of nitrogens with zero attached hydrogens (tertiary/aromatic N) is 1. The minimum atomic E-state index is 0.0479. The number of carbonyl (C=O) groups excluding carboxylic acids is 1. The fourth-order valence-corrected chi connectivity index (χ4v) is 4.06. The highest BCUT2D eigenvalue weighted by Crippen LogP contribution is 2.39. The average molecular weight is 418 g/mol. The molecule has 1 fully saturated rings. The average Bonchev–Trinajstić information content (AvgIpc) is 3.16. The SMILES string of the molecule is COc1ccc(OC)c(C2CCCN2C(=O)CCc2ccccc2Br)c1. The van der Waals surface area contributed by atoms with E-state index in [1.54, 1.807) is 14.2 Å². The van der Waals surface area contributed by atoms with Crippen molar-refractivity contribution in [3.8, 4) is 11.5 Å². The van der Waals surface area contributed by atoms with Crippen LogP contribution in [0.3, 0.4) is 0 Å². The number of benzene rings is 2. The first-order chi connectivity index (χ1) is 12.6. The predicted molar refractivity (Wildman–Crippen MR) is 106 cm³/mol. The van der Waals surface area contributed by atoms with Crippen molar-refractivity contribution in [2.24, 2.45) is 0 Å². The zero-order valence-corrected chi connectivity index (χ0v) is 16.8. The monoisotopic (exact) mass is 417 g/mol. The molecule has 0 spiro atoms. The minimum Gasteiger partial charge on any atom is -0.497 e. The summed E-state index contributed by atoms with van der Waals surface area (Å²) < 4.78 is 12.0. The maximum Gasteiger partial charge on any atom is 0.223 e. The third kappa shape index (κ3) is 4.04. The number of amides is 1. The summed E-state index contributed by atoms with van der Waals surface area (Å²) in [5.41, 5.74) is 2.19. The van der Waals surface area contributed by atoms with E-state index in [1.165, 1.54) is 0 Å². The quantitative estimate of drug-likeness (QED) is 0.679. The van der Waals surface area contributed by atoms with Gasteiger partial charge in [0.15, 0.2) is 0 Å². The van der Waals surface area contributed by atoms with Gasteiger partial charge in [0.1, 0.15) is 11.5 Å². The van der Waals surface area contributed by atoms with Crippen LogP contribution in [0.4, 0.5) is 0 Å². The molecule has 1 atom stereocenters. The molecule has 0 radical (unpaired) electrons. The van der Waals surface area contributed by atoms with Crippen molar-refractivity contribution in [1.29, 1.82) is 0 Å². The van der Waals surface area contributed by atoms with Crippen molar-refractivity contribution in [2.45, 2.75) is 31.7 Å². The number of hydrogen-bond acceptors (Lipinski definition) is 3. The molecule has 0 saturated carbocycles. The molecule has 0 bridgehead atoms. The molecular formula is C21H24BrNO3. The number of methoxy groups -OCH3 is 2. The minimum absolute atomic E-state index is 0.0479. The molecule has 1 unspecified atom stereocenters. The van der Waals surface area contributed by atoms with Crippen molar-refractivity contribution >= 4 is 21.8 Å². The van der Waals surface area contributed by atoms with Crippen LogP contribution >= 0.6 is 15.9 Å². The van der Waals surface area contributed by atoms with E-state index in [4.69, 9.17) is 9.47 Å². The molecule has 1 aliphatic rings. The highest BCUT2D eigenvalue weighted by Gasteiger charge is 2.31. The van der Waals surface area contributed by atoms with Gasteiger partial charge >= 0.3 is 0 Å². The normalized spacial score (nSPS) is 16.6. The summed E-state index contributed by atoms with van der Waals surface area (Å²) in [5, 5.41) is 0. The molecule has 26 heavy (non-hydrogen) atoms. The lowest BCUT2D eigenvalue weighted by molar-refractivity contribution is -0.132. The lowest BCUT2D eigenvalue weighted by atomic mass is 10.0. The first kappa shape index (κ1) is 18.8. The number of halogens is 1. The number of likely N-dealkylation sites (tertiary alicyclic amines) is 1. The number of carbonyl (C=O) groups is 1. The summed E-state index contributed by atoms with van der Waals surface area (Å²) >= 11 is 3.56. The van der Waals surface area contributed by atoms with Gasteiger partial charge in [-0.2, -0.15) is 0 Å². The molecule has 3 rings (SSSR count). The Morgan fingerprint density at radius 3 is 2.73 bits per heavy atom. The Kier molecular flexibility index (Phi) is 6.20. The van der Waals surface area contributed by atoms with Crippen molar-refractivity contribution in [3.05, 3.63) is 58.1 Å². The molecule has 0 N–H and O–H groups in total. The van der Waals surface area contributed by atoms with Crippen molar-refractivity contribution < 1.29 is 14.3 Å². The Morgan fingerprint density at radius 1 is 1.19 bits per heavy atom. The first-order valence-corrected chi connectivity index (χ1v) is 9.68. The lowest BCUT2D eigenvalue weighted by Crippen LogP contribution is -2.31. The number of hydrogen-bond donors (Lipinski definition) is 0. The third-order valence-electron chi connectivity index (χ3n) is 4.94. The second-order valence-corrected chi connectivity index (χ2v) is 7.30. The summed E-state index contributed by atoms with van der Waals surface area (Å²) in [5.74, 6) is 1.78. The summed E-state index contributed by atoms with van der Waals surface area (Å²) in [6.07, 6.45) is 3.19. The van der Waals surface area contributed by atoms with Gasteiger partial charge in [0, 0.05) is 23.0 Å². The van der Waals surface area contributed by atoms with Crippen LogP contribution in [0.5, 0.6) is 11.5 Å². The van der Waals surface area contributed by atoms with Gasteiger partial charge < -0.3 is 14.4 Å². The molecule has 5 heteroatoms. The Morgan fingerprint density at radius 2 is 2.00 bits per heavy atom. The van der Waals surface area contributed by atoms with Crippen LogP contribution in [0.2, 0.25) is 0 Å². The molecule has 2 aromatic carbocycles. The number of ether oxygens (including phenoxy) is 2. The van der Waals surface area contributed by atoms with Crippen LogP contribution in [0, 0.1) is 0 Å². The highest BCUT2D eigenvalue weighted by molar-refractivity contribution is 9.10. The lowest BCUT2D eigenvalue weighted by Gasteiger charge is -2.27. The summed E-state index contributed by atoms with van der Waals surface area (Å²) in [6, 6.07) is 13.9. The maximum atomic E-state index is 12.9. The molecule has 1 saturated heterocycles. The van der Waals surface area contributed by atoms with Crippen LogP contribution in [-0.2, 0) is 11.2 Å². The Hall–Kier alpha value is -2.01. The standard InChI is InChI=1S/C21H24BrNO3/c1-25-16-10-11-20(26-2)17(14-16)19-8-5-13-23(19)21(24)12-9-15-6-3-4-7-18(15)22/h3-4,6-7,10-11,14,19H,5,8-9,12-13H2,1-2H3. The summed E-state index contributed by atoms with van der Waals surface area (Å²) in [7, 11) is 3.32. The zero-order valence-electron chi connectivity index (χ0n) is 15.2. The largest absolute Gasteiger partial charge is 0.497 e. The van der Waals surface area contributed by atoms with Gasteiger partial charge in [0.05, 0.1) is 20.3 Å². The second kappa shape index (κ2) is 8.58. The van der Waals surface area contributed by atoms with Gasteiger partial charge in [0.25, 0.3) is 0 Å². The predicted octanol–water partition coefficient (Wildman–Crippen LogP) is 4.76. The Bertz CT molecular complexity index is 778. The van der Waals surface area contributed by atoms with Crippen LogP contribution in [0.25, 0.3) is 0 Å². The van der Waals surface area contributed by atoms with Crippen molar-refractivity contribution in [1.82, 2.24) is 4.90 Å². The second-order valence-electron chi connectivity index (χ2n) is 6.44. The van der Waals surface area contributed by atoms with E-state index in [9.17, 15) is 4.79 Å². The van der Waals surface area contributed by atoms with Gasteiger partial charge in [-0.15, -0.1) is 0 Å². The molecule has 0 aromatic heterocycles. The summed E-state index contributed by atoms with van der Waals surface area (Å²) in [6.45, 7) is 0.791. The molecule has 4 nitrogen and oxygen atoms in total. The first-order valence-electron chi connectivity index (χ1n) is 8.89. The number of rotatable bonds is 6. The molecule has 2 aromatic rings. The van der Waals surface area contributed by atoms with Crippen LogP contribution < -0.4 is 9.47 Å². The Labute approximate surface area is 163 Å². The smallest absolute Gasteiger partial charge is 0.223 e. The van der Waals surface area contributed by atoms with E-state index in [0.717, 1.165) is 52.9 Å². The fraction of sp³-hybridized carbons (Fsp3) is 0.381. The summed E-state index contributed by atoms with van der Waals surface area (Å²) in [4.78, 5) is 14.9. The molecule has 1 amide bonds. The van der Waals surface area contributed by atoms with Gasteiger partial charge in [-0.3, -0.25) is 4.79 Å². The van der Waals surface area contributed by atoms with Crippen LogP contribution in [0.1, 0.15) is 36.4 Å². The molecular weight excluding hydrogens is 394 g/mol. The van der Waals surface area contributed by atoms with Gasteiger partial charge in [-0.1, -0.05) is 34.1 Å². The van der Waals surface area contributed by atoms with Crippen LogP contribution in [-0.4, -0.2) is 31.6 Å². The zero-order chi connectivity index (χ0) is 18.5. The van der Waals surface area contributed by atoms with Crippen molar-refractivity contribution in [3.63, 3.8) is 0 Å². The maximum absolute atomic E-state index is 12.9. The highest BCUT2D eigenvalue weighted by atomic mass is 79.9. The van der Waals surface area contributed by atoms with Gasteiger partial charge in [-0.05, 0) is 49.1 Å².